The minimum Gasteiger partial charge on any atom is -0.495 e. The van der Waals surface area contributed by atoms with Gasteiger partial charge in [0.05, 0.1) is 34.3 Å². The molecule has 0 saturated carbocycles. The number of hydrogen-bond donors (Lipinski definition) is 0. The molecule has 1 amide bonds. The van der Waals surface area contributed by atoms with Gasteiger partial charge in [0.25, 0.3) is 0 Å². The van der Waals surface area contributed by atoms with Crippen LogP contribution < -0.4 is 4.74 Å². The van der Waals surface area contributed by atoms with Gasteiger partial charge in [-0.1, -0.05) is 29.3 Å². The van der Waals surface area contributed by atoms with Gasteiger partial charge in [-0.05, 0) is 43.5 Å². The van der Waals surface area contributed by atoms with Gasteiger partial charge < -0.3 is 9.64 Å². The number of hydrogen-bond acceptors (Lipinski definition) is 6. The first-order chi connectivity index (χ1) is 15.9. The fourth-order valence-corrected chi connectivity index (χ4v) is 4.45. The van der Waals surface area contributed by atoms with E-state index in [1.807, 2.05) is 12.1 Å². The maximum atomic E-state index is 13.0. The van der Waals surface area contributed by atoms with Crippen LogP contribution in [0.2, 0.25) is 10.0 Å². The van der Waals surface area contributed by atoms with Crippen LogP contribution in [0, 0.1) is 18.3 Å². The molecule has 1 aromatic carbocycles. The topological polar surface area (TPSA) is 96.9 Å². The second kappa shape index (κ2) is 9.38. The third kappa shape index (κ3) is 4.39. The molecule has 1 aliphatic heterocycles. The van der Waals surface area contributed by atoms with Crippen molar-refractivity contribution < 1.29 is 9.53 Å². The van der Waals surface area contributed by atoms with E-state index in [9.17, 15) is 10.1 Å². The SMILES string of the molecule is COc1cc(C2(C#N)CCN(C(=O)Cn3nc(-c4ncccn4)c(Cl)c3C)CC2)ccc1Cl. The van der Waals surface area contributed by atoms with Crippen molar-refractivity contribution in [3.05, 3.63) is 58.0 Å². The summed E-state index contributed by atoms with van der Waals surface area (Å²) < 4.78 is 6.89. The summed E-state index contributed by atoms with van der Waals surface area (Å²) >= 11 is 12.6. The zero-order chi connectivity index (χ0) is 23.6. The number of methoxy groups -OCH3 is 1. The Morgan fingerprint density at radius 1 is 1.24 bits per heavy atom. The van der Waals surface area contributed by atoms with E-state index in [1.165, 1.54) is 0 Å². The summed E-state index contributed by atoms with van der Waals surface area (Å²) in [5.74, 6) is 0.858. The molecule has 0 unspecified atom stereocenters. The number of carbonyl (C=O) groups excluding carboxylic acids is 1. The fourth-order valence-electron chi connectivity index (χ4n) is 4.03. The van der Waals surface area contributed by atoms with Gasteiger partial charge in [-0.15, -0.1) is 0 Å². The Balaban J connectivity index is 1.47. The number of amides is 1. The van der Waals surface area contributed by atoms with Crippen LogP contribution in [0.1, 0.15) is 24.1 Å². The van der Waals surface area contributed by atoms with Crippen molar-refractivity contribution in [3.8, 4) is 23.3 Å². The molecule has 33 heavy (non-hydrogen) atoms. The molecule has 0 atom stereocenters. The summed E-state index contributed by atoms with van der Waals surface area (Å²) in [6, 6.07) is 9.58. The minimum atomic E-state index is -0.697. The Morgan fingerprint density at radius 3 is 2.58 bits per heavy atom. The van der Waals surface area contributed by atoms with Crippen LogP contribution in [0.15, 0.2) is 36.7 Å². The molecule has 3 heterocycles. The van der Waals surface area contributed by atoms with E-state index in [0.717, 1.165) is 5.56 Å². The highest BCUT2D eigenvalue weighted by Crippen LogP contribution is 2.38. The van der Waals surface area contributed by atoms with Gasteiger partial charge in [0.1, 0.15) is 18.0 Å². The van der Waals surface area contributed by atoms with Crippen molar-refractivity contribution in [2.75, 3.05) is 20.2 Å². The van der Waals surface area contributed by atoms with Gasteiger partial charge in [0, 0.05) is 25.5 Å². The van der Waals surface area contributed by atoms with Crippen molar-refractivity contribution in [2.24, 2.45) is 0 Å². The Labute approximate surface area is 201 Å². The van der Waals surface area contributed by atoms with E-state index in [1.54, 1.807) is 48.1 Å². The smallest absolute Gasteiger partial charge is 0.244 e. The van der Waals surface area contributed by atoms with Crippen LogP contribution in [0.4, 0.5) is 0 Å². The van der Waals surface area contributed by atoms with E-state index in [4.69, 9.17) is 27.9 Å². The highest BCUT2D eigenvalue weighted by molar-refractivity contribution is 6.33. The fraction of sp³-hybridized carbons (Fsp3) is 0.348. The molecule has 170 valence electrons. The number of nitriles is 1. The largest absolute Gasteiger partial charge is 0.495 e. The third-order valence-electron chi connectivity index (χ3n) is 6.08. The van der Waals surface area contributed by atoms with Gasteiger partial charge in [-0.3, -0.25) is 9.48 Å². The average molecular weight is 485 g/mol. The molecule has 1 saturated heterocycles. The standard InChI is InChI=1S/C23H22Cl2N6O2/c1-15-20(25)21(22-27-8-3-9-28-22)29-31(15)13-19(32)30-10-6-23(14-26,7-11-30)16-4-5-17(24)18(12-16)33-2/h3-5,8-9,12H,6-7,10-11,13H2,1-2H3. The number of likely N-dealkylation sites (tertiary alicyclic amines) is 1. The number of benzene rings is 1. The van der Waals surface area contributed by atoms with Gasteiger partial charge in [-0.2, -0.15) is 10.4 Å². The van der Waals surface area contributed by atoms with Gasteiger partial charge in [-0.25, -0.2) is 9.97 Å². The van der Waals surface area contributed by atoms with Crippen molar-refractivity contribution in [1.82, 2.24) is 24.6 Å². The van der Waals surface area contributed by atoms with Crippen LogP contribution in [-0.2, 0) is 16.8 Å². The number of carbonyl (C=O) groups is 1. The van der Waals surface area contributed by atoms with Crippen LogP contribution in [0.3, 0.4) is 0 Å². The zero-order valence-corrected chi connectivity index (χ0v) is 19.8. The van der Waals surface area contributed by atoms with E-state index in [-0.39, 0.29) is 12.5 Å². The number of rotatable bonds is 5. The van der Waals surface area contributed by atoms with Crippen LogP contribution >= 0.6 is 23.2 Å². The molecular weight excluding hydrogens is 463 g/mol. The Bertz CT molecular complexity index is 1210. The third-order valence-corrected chi connectivity index (χ3v) is 6.85. The van der Waals surface area contributed by atoms with E-state index in [2.05, 4.69) is 21.1 Å². The van der Waals surface area contributed by atoms with Crippen molar-refractivity contribution in [3.63, 3.8) is 0 Å². The lowest BCUT2D eigenvalue weighted by Crippen LogP contribution is -2.45. The van der Waals surface area contributed by atoms with Gasteiger partial charge >= 0.3 is 0 Å². The second-order valence-electron chi connectivity index (χ2n) is 7.90. The molecule has 0 aliphatic carbocycles. The molecule has 0 radical (unpaired) electrons. The Morgan fingerprint density at radius 2 is 1.94 bits per heavy atom. The Kier molecular flexibility index (Phi) is 6.54. The highest BCUT2D eigenvalue weighted by Gasteiger charge is 2.38. The summed E-state index contributed by atoms with van der Waals surface area (Å²) in [5, 5.41) is 15.4. The molecule has 0 bridgehead atoms. The van der Waals surface area contributed by atoms with Crippen LogP contribution in [0.5, 0.6) is 5.75 Å². The quantitative estimate of drug-likeness (QED) is 0.541. The normalized spacial score (nSPS) is 15.2. The number of aromatic nitrogens is 4. The van der Waals surface area contributed by atoms with E-state index in [0.29, 0.717) is 58.9 Å². The molecule has 1 fully saturated rings. The average Bonchev–Trinajstić information content (AvgIpc) is 3.13. The predicted molar refractivity (Wildman–Crippen MR) is 124 cm³/mol. The molecule has 1 aliphatic rings. The molecule has 8 nitrogen and oxygen atoms in total. The molecular formula is C23H22Cl2N6O2. The van der Waals surface area contributed by atoms with Crippen LogP contribution in [0.25, 0.3) is 11.5 Å². The maximum absolute atomic E-state index is 13.0. The number of halogens is 2. The molecule has 4 rings (SSSR count). The van der Waals surface area contributed by atoms with Crippen molar-refractivity contribution in [1.29, 1.82) is 5.26 Å². The summed E-state index contributed by atoms with van der Waals surface area (Å²) in [6.07, 6.45) is 4.26. The van der Waals surface area contributed by atoms with Gasteiger partial charge in [0.15, 0.2) is 5.82 Å². The lowest BCUT2D eigenvalue weighted by molar-refractivity contribution is -0.133. The second-order valence-corrected chi connectivity index (χ2v) is 8.69. The van der Waals surface area contributed by atoms with E-state index >= 15 is 0 Å². The highest BCUT2D eigenvalue weighted by atomic mass is 35.5. The first-order valence-electron chi connectivity index (χ1n) is 10.4. The first-order valence-corrected chi connectivity index (χ1v) is 11.2. The Hall–Kier alpha value is -3.15. The maximum Gasteiger partial charge on any atom is 0.244 e. The lowest BCUT2D eigenvalue weighted by Gasteiger charge is -2.37. The van der Waals surface area contributed by atoms with Gasteiger partial charge in [0.2, 0.25) is 5.91 Å². The van der Waals surface area contributed by atoms with E-state index < -0.39 is 5.41 Å². The molecule has 0 N–H and O–H groups in total. The van der Waals surface area contributed by atoms with Crippen LogP contribution in [-0.4, -0.2) is 50.8 Å². The predicted octanol–water partition coefficient (Wildman–Crippen LogP) is 4.05. The summed E-state index contributed by atoms with van der Waals surface area (Å²) in [6.45, 7) is 2.77. The number of nitrogens with zero attached hydrogens (tertiary/aromatic N) is 6. The lowest BCUT2D eigenvalue weighted by atomic mass is 9.74. The summed E-state index contributed by atoms with van der Waals surface area (Å²) in [7, 11) is 1.55. The molecule has 3 aromatic rings. The van der Waals surface area contributed by atoms with Crippen molar-refractivity contribution in [2.45, 2.75) is 31.7 Å². The molecule has 2 aromatic heterocycles. The number of piperidine rings is 1. The zero-order valence-electron chi connectivity index (χ0n) is 18.3. The molecule has 0 spiro atoms. The number of ether oxygens (including phenoxy) is 1. The first kappa shape index (κ1) is 23.0. The van der Waals surface area contributed by atoms with Crippen molar-refractivity contribution >= 4 is 29.1 Å². The summed E-state index contributed by atoms with van der Waals surface area (Å²) in [5.41, 5.74) is 1.27. The minimum absolute atomic E-state index is 0.0483. The summed E-state index contributed by atoms with van der Waals surface area (Å²) in [4.78, 5) is 23.2. The molecule has 10 heteroatoms. The monoisotopic (exact) mass is 484 g/mol.